The molecule has 0 radical (unpaired) electrons. The Hall–Kier alpha value is -4.40. The number of benzene rings is 1. The van der Waals surface area contributed by atoms with E-state index in [0.29, 0.717) is 18.5 Å². The van der Waals surface area contributed by atoms with Crippen LogP contribution in [0.25, 0.3) is 0 Å². The summed E-state index contributed by atoms with van der Waals surface area (Å²) >= 11 is 0. The van der Waals surface area contributed by atoms with Crippen molar-refractivity contribution in [3.8, 4) is 5.75 Å². The first kappa shape index (κ1) is 30.8. The van der Waals surface area contributed by atoms with E-state index >= 15 is 0 Å². The molecule has 1 aliphatic rings. The van der Waals surface area contributed by atoms with E-state index in [4.69, 9.17) is 11.5 Å². The third-order valence-electron chi connectivity index (χ3n) is 5.96. The minimum Gasteiger partial charge on any atom is -0.508 e. The van der Waals surface area contributed by atoms with Crippen molar-refractivity contribution in [1.29, 1.82) is 0 Å². The molecule has 1 aliphatic heterocycles. The van der Waals surface area contributed by atoms with Crippen LogP contribution in [-0.4, -0.2) is 88.2 Å². The summed E-state index contributed by atoms with van der Waals surface area (Å²) in [7, 11) is 0. The molecule has 1 heterocycles. The highest BCUT2D eigenvalue weighted by atomic mass is 16.4. The van der Waals surface area contributed by atoms with E-state index in [0.717, 1.165) is 6.42 Å². The molecule has 1 saturated heterocycles. The largest absolute Gasteiger partial charge is 0.508 e. The molecule has 0 bridgehead atoms. The number of hydrogen-bond acceptors (Lipinski definition) is 8. The molecule has 1 aromatic carbocycles. The number of guanidine groups is 1. The van der Waals surface area contributed by atoms with Gasteiger partial charge in [-0.25, -0.2) is 4.79 Å². The molecule has 39 heavy (non-hydrogen) atoms. The van der Waals surface area contributed by atoms with Gasteiger partial charge in [0.1, 0.15) is 23.9 Å². The van der Waals surface area contributed by atoms with Crippen molar-refractivity contribution in [1.82, 2.24) is 21.3 Å². The smallest absolute Gasteiger partial charge is 0.326 e. The molecule has 0 saturated carbocycles. The minimum absolute atomic E-state index is 0.00932. The zero-order chi connectivity index (χ0) is 28.9. The van der Waals surface area contributed by atoms with Gasteiger partial charge in [0.25, 0.3) is 0 Å². The quantitative estimate of drug-likeness (QED) is 0.0641. The van der Waals surface area contributed by atoms with Crippen LogP contribution >= 0.6 is 0 Å². The molecular formula is C24H35N7O8. The highest BCUT2D eigenvalue weighted by molar-refractivity contribution is 5.95. The molecule has 3 amide bonds. The number of aliphatic imine (C=N–C) groups is 1. The Kier molecular flexibility index (Phi) is 11.9. The number of phenolic OH excluding ortho intramolecular Hbond substituents is 1. The number of carboxylic acid groups (broad SMARTS) is 2. The number of carboxylic acids is 2. The summed E-state index contributed by atoms with van der Waals surface area (Å²) in [6, 6.07) is 1.06. The molecule has 4 atom stereocenters. The Bertz CT molecular complexity index is 1050. The zero-order valence-electron chi connectivity index (χ0n) is 21.3. The predicted octanol–water partition coefficient (Wildman–Crippen LogP) is -2.25. The topological polar surface area (TPSA) is 259 Å². The summed E-state index contributed by atoms with van der Waals surface area (Å²) in [5, 5.41) is 38.6. The summed E-state index contributed by atoms with van der Waals surface area (Å²) in [6.45, 7) is 0.724. The SMILES string of the molecule is NC(N)=NCCCC(NC(=O)C(CC(=O)O)NC(=O)C1CCCN1)C(=O)NC(Cc1ccc(O)cc1)C(=O)O. The monoisotopic (exact) mass is 549 g/mol. The van der Waals surface area contributed by atoms with Gasteiger partial charge in [-0.1, -0.05) is 12.1 Å². The molecule has 15 nitrogen and oxygen atoms in total. The molecule has 0 aliphatic carbocycles. The lowest BCUT2D eigenvalue weighted by atomic mass is 10.0. The number of aromatic hydroxyl groups is 1. The number of carbonyl (C=O) groups is 5. The third kappa shape index (κ3) is 10.9. The summed E-state index contributed by atoms with van der Waals surface area (Å²) in [4.78, 5) is 65.7. The van der Waals surface area contributed by atoms with E-state index in [1.807, 2.05) is 0 Å². The lowest BCUT2D eigenvalue weighted by molar-refractivity contribution is -0.143. The molecule has 1 aromatic rings. The van der Waals surface area contributed by atoms with Gasteiger partial charge in [-0.3, -0.25) is 24.2 Å². The summed E-state index contributed by atoms with van der Waals surface area (Å²) < 4.78 is 0. The molecule has 0 aromatic heterocycles. The second-order valence-electron chi connectivity index (χ2n) is 9.09. The molecule has 1 fully saturated rings. The van der Waals surface area contributed by atoms with Gasteiger partial charge in [0, 0.05) is 13.0 Å². The molecule has 15 heteroatoms. The maximum Gasteiger partial charge on any atom is 0.326 e. The van der Waals surface area contributed by atoms with Gasteiger partial charge < -0.3 is 48.1 Å². The molecule has 0 spiro atoms. The lowest BCUT2D eigenvalue weighted by Crippen LogP contribution is -2.57. The van der Waals surface area contributed by atoms with Crippen LogP contribution in [0.2, 0.25) is 0 Å². The Morgan fingerprint density at radius 1 is 0.974 bits per heavy atom. The second-order valence-corrected chi connectivity index (χ2v) is 9.09. The van der Waals surface area contributed by atoms with Crippen molar-refractivity contribution in [2.75, 3.05) is 13.1 Å². The van der Waals surface area contributed by atoms with E-state index in [-0.39, 0.29) is 37.5 Å². The van der Waals surface area contributed by atoms with Crippen molar-refractivity contribution in [2.24, 2.45) is 16.5 Å². The summed E-state index contributed by atoms with van der Waals surface area (Å²) in [6.07, 6.45) is 0.639. The Balaban J connectivity index is 2.16. The van der Waals surface area contributed by atoms with Crippen molar-refractivity contribution in [3.05, 3.63) is 29.8 Å². The number of carbonyl (C=O) groups excluding carboxylic acids is 3. The van der Waals surface area contributed by atoms with Gasteiger partial charge in [-0.2, -0.15) is 0 Å². The number of nitrogens with zero attached hydrogens (tertiary/aromatic N) is 1. The lowest BCUT2D eigenvalue weighted by Gasteiger charge is -2.24. The maximum atomic E-state index is 13.1. The molecule has 11 N–H and O–H groups in total. The van der Waals surface area contributed by atoms with Crippen molar-refractivity contribution < 1.29 is 39.3 Å². The highest BCUT2D eigenvalue weighted by Crippen LogP contribution is 2.12. The van der Waals surface area contributed by atoms with Gasteiger partial charge >= 0.3 is 11.9 Å². The number of nitrogens with two attached hydrogens (primary N) is 2. The fourth-order valence-corrected chi connectivity index (χ4v) is 3.95. The van der Waals surface area contributed by atoms with Crippen LogP contribution in [0.4, 0.5) is 0 Å². The van der Waals surface area contributed by atoms with Crippen LogP contribution in [0.1, 0.15) is 37.7 Å². The fourth-order valence-electron chi connectivity index (χ4n) is 3.95. The van der Waals surface area contributed by atoms with Crippen molar-refractivity contribution in [3.63, 3.8) is 0 Å². The number of amides is 3. The average Bonchev–Trinajstić information content (AvgIpc) is 3.41. The summed E-state index contributed by atoms with van der Waals surface area (Å²) in [5.74, 6) is -5.16. The van der Waals surface area contributed by atoms with E-state index in [1.54, 1.807) is 0 Å². The Morgan fingerprint density at radius 2 is 1.62 bits per heavy atom. The van der Waals surface area contributed by atoms with E-state index in [1.165, 1.54) is 24.3 Å². The minimum atomic E-state index is -1.47. The van der Waals surface area contributed by atoms with Crippen LogP contribution in [0.3, 0.4) is 0 Å². The predicted molar refractivity (Wildman–Crippen MR) is 138 cm³/mol. The molecule has 4 unspecified atom stereocenters. The maximum absolute atomic E-state index is 13.1. The normalized spacial score (nSPS) is 16.8. The number of aliphatic carboxylic acids is 2. The average molecular weight is 550 g/mol. The number of rotatable bonds is 15. The first-order valence-electron chi connectivity index (χ1n) is 12.4. The van der Waals surface area contributed by atoms with Gasteiger partial charge in [-0.05, 0) is 49.9 Å². The fraction of sp³-hybridized carbons (Fsp3) is 0.500. The van der Waals surface area contributed by atoms with Crippen LogP contribution < -0.4 is 32.7 Å². The first-order chi connectivity index (χ1) is 18.5. The van der Waals surface area contributed by atoms with E-state index < -0.39 is 60.2 Å². The van der Waals surface area contributed by atoms with Gasteiger partial charge in [0.2, 0.25) is 17.7 Å². The Morgan fingerprint density at radius 3 is 2.18 bits per heavy atom. The number of nitrogens with one attached hydrogen (secondary N) is 4. The standard InChI is InChI=1S/C24H35N7O8/c25-24(26)28-10-2-4-16(21(36)31-18(23(38)39)11-13-5-7-14(32)8-6-13)29-22(37)17(12-19(33)34)30-20(35)15-3-1-9-27-15/h5-8,15-18,27,32H,1-4,9-12H2,(H,29,37)(H,30,35)(H,31,36)(H,33,34)(H,38,39)(H4,25,26,28). The number of hydrogen-bond donors (Lipinski definition) is 9. The van der Waals surface area contributed by atoms with E-state index in [2.05, 4.69) is 26.3 Å². The third-order valence-corrected chi connectivity index (χ3v) is 5.96. The highest BCUT2D eigenvalue weighted by Gasteiger charge is 2.32. The molecular weight excluding hydrogens is 514 g/mol. The van der Waals surface area contributed by atoms with Crippen molar-refractivity contribution in [2.45, 2.75) is 62.7 Å². The van der Waals surface area contributed by atoms with E-state index in [9.17, 15) is 39.3 Å². The van der Waals surface area contributed by atoms with Crippen LogP contribution in [0.15, 0.2) is 29.3 Å². The zero-order valence-corrected chi connectivity index (χ0v) is 21.3. The van der Waals surface area contributed by atoms with Gasteiger partial charge in [0.15, 0.2) is 5.96 Å². The van der Waals surface area contributed by atoms with Crippen LogP contribution in [0, 0.1) is 0 Å². The van der Waals surface area contributed by atoms with Crippen LogP contribution in [-0.2, 0) is 30.4 Å². The Labute approximate surface area is 224 Å². The first-order valence-corrected chi connectivity index (χ1v) is 12.4. The van der Waals surface area contributed by atoms with Gasteiger partial charge in [-0.15, -0.1) is 0 Å². The summed E-state index contributed by atoms with van der Waals surface area (Å²) in [5.41, 5.74) is 11.2. The molecule has 214 valence electrons. The van der Waals surface area contributed by atoms with Crippen LogP contribution in [0.5, 0.6) is 5.75 Å². The second kappa shape index (κ2) is 15.1. The van der Waals surface area contributed by atoms with Gasteiger partial charge in [0.05, 0.1) is 12.5 Å². The number of phenols is 1. The molecule has 2 rings (SSSR count). The van der Waals surface area contributed by atoms with Crippen molar-refractivity contribution >= 4 is 35.6 Å².